The zero-order chi connectivity index (χ0) is 26.2. The van der Waals surface area contributed by atoms with Gasteiger partial charge in [0.15, 0.2) is 0 Å². The molecule has 3 N–H and O–H groups in total. The first-order valence-corrected chi connectivity index (χ1v) is 11.1. The van der Waals surface area contributed by atoms with Crippen molar-refractivity contribution in [3.05, 3.63) is 88.3 Å². The number of halogens is 3. The smallest absolute Gasteiger partial charge is 0.275 e. The summed E-state index contributed by atoms with van der Waals surface area (Å²) in [7, 11) is 0. The molecule has 2 aromatic heterocycles. The van der Waals surface area contributed by atoms with Crippen LogP contribution in [0.25, 0.3) is 11.4 Å². The zero-order valence-electron chi connectivity index (χ0n) is 19.3. The van der Waals surface area contributed by atoms with Crippen molar-refractivity contribution >= 4 is 11.8 Å². The van der Waals surface area contributed by atoms with Crippen LogP contribution in [0, 0.1) is 12.7 Å². The Bertz CT molecular complexity index is 1490. The molecule has 0 radical (unpaired) electrons. The van der Waals surface area contributed by atoms with Crippen LogP contribution in [0.5, 0.6) is 0 Å². The number of aromatic nitrogens is 6. The van der Waals surface area contributed by atoms with Crippen LogP contribution in [0.3, 0.4) is 0 Å². The molecule has 0 aliphatic heterocycles. The molecule has 0 saturated carbocycles. The number of fused-ring (bicyclic) bond motifs is 1. The van der Waals surface area contributed by atoms with Gasteiger partial charge in [-0.25, -0.2) is 23.1 Å². The maximum Gasteiger partial charge on any atom is 0.275 e. The van der Waals surface area contributed by atoms with Gasteiger partial charge in [-0.15, -0.1) is 10.2 Å². The second-order valence-electron chi connectivity index (χ2n) is 8.53. The molecule has 2 heterocycles. The second-order valence-corrected chi connectivity index (χ2v) is 8.53. The number of hydrogen-bond acceptors (Lipinski definition) is 7. The number of aryl methyl sites for hydroxylation is 1. The Morgan fingerprint density at radius 1 is 1.08 bits per heavy atom. The van der Waals surface area contributed by atoms with Gasteiger partial charge in [-0.3, -0.25) is 9.59 Å². The van der Waals surface area contributed by atoms with Crippen molar-refractivity contribution in [3.63, 3.8) is 0 Å². The highest BCUT2D eigenvalue weighted by Crippen LogP contribution is 2.48. The predicted molar refractivity (Wildman–Crippen MR) is 123 cm³/mol. The topological polar surface area (TPSA) is 138 Å². The lowest BCUT2D eigenvalue weighted by atomic mass is 10.0. The molecule has 1 atom stereocenters. The van der Waals surface area contributed by atoms with Gasteiger partial charge in [0, 0.05) is 30.2 Å². The molecule has 13 heteroatoms. The van der Waals surface area contributed by atoms with Crippen molar-refractivity contribution < 1.29 is 22.8 Å². The number of alkyl halides is 2. The summed E-state index contributed by atoms with van der Waals surface area (Å²) in [5.74, 6) is -4.68. The molecule has 5 rings (SSSR count). The normalized spacial score (nSPS) is 15.7. The van der Waals surface area contributed by atoms with E-state index >= 15 is 0 Å². The Kier molecular flexibility index (Phi) is 6.11. The highest BCUT2D eigenvalue weighted by molar-refractivity contribution is 5.97. The van der Waals surface area contributed by atoms with Gasteiger partial charge in [0.25, 0.3) is 17.7 Å². The Morgan fingerprint density at radius 3 is 2.59 bits per heavy atom. The lowest BCUT2D eigenvalue weighted by molar-refractivity contribution is -0.00843. The summed E-state index contributed by atoms with van der Waals surface area (Å²) in [6.45, 7) is 1.73. The van der Waals surface area contributed by atoms with Crippen molar-refractivity contribution in [1.82, 2.24) is 41.2 Å². The predicted octanol–water partition coefficient (Wildman–Crippen LogP) is 3.00. The van der Waals surface area contributed by atoms with Crippen molar-refractivity contribution in [2.45, 2.75) is 31.9 Å². The highest BCUT2D eigenvalue weighted by atomic mass is 19.3. The zero-order valence-corrected chi connectivity index (χ0v) is 19.3. The van der Waals surface area contributed by atoms with E-state index in [1.807, 2.05) is 0 Å². The Balaban J connectivity index is 1.29. The number of H-pyrrole nitrogens is 1. The summed E-state index contributed by atoms with van der Waals surface area (Å²) >= 11 is 0. The monoisotopic (exact) mass is 508 g/mol. The van der Waals surface area contributed by atoms with E-state index in [0.717, 1.165) is 6.33 Å². The molecule has 188 valence electrons. The number of amides is 2. The highest BCUT2D eigenvalue weighted by Gasteiger charge is 2.45. The Morgan fingerprint density at radius 2 is 1.86 bits per heavy atom. The average Bonchev–Trinajstić information content (AvgIpc) is 3.51. The first kappa shape index (κ1) is 24.0. The van der Waals surface area contributed by atoms with Crippen LogP contribution in [-0.4, -0.2) is 42.4 Å². The SMILES string of the molecule is Cc1cc(CNC(=O)c2cc(C(=O)N[C@H]3CC(F)(F)c4cc(-c5nn[nH]n5)ccc43)ncn2)ccc1F. The van der Waals surface area contributed by atoms with Gasteiger partial charge >= 0.3 is 0 Å². The minimum atomic E-state index is -3.19. The number of nitrogens with zero attached hydrogens (tertiary/aromatic N) is 5. The second kappa shape index (κ2) is 9.41. The summed E-state index contributed by atoms with van der Waals surface area (Å²) in [6.07, 6.45) is 0.402. The lowest BCUT2D eigenvalue weighted by Gasteiger charge is -2.14. The summed E-state index contributed by atoms with van der Waals surface area (Å²) in [6, 6.07) is 8.99. The van der Waals surface area contributed by atoms with E-state index in [1.54, 1.807) is 25.1 Å². The van der Waals surface area contributed by atoms with Gasteiger partial charge < -0.3 is 10.6 Å². The standard InChI is InChI=1S/C24H19F3N8O2/c1-12-6-13(2-5-17(12)25)10-28-22(36)18-8-19(30-11-29-18)23(37)31-20-9-24(26,27)16-7-14(3-4-15(16)20)21-32-34-35-33-21/h2-8,11,20H,9-10H2,1H3,(H,28,36)(H,31,37)(H,32,33,34,35)/t20-/m0/s1. The third-order valence-corrected chi connectivity index (χ3v) is 6.00. The van der Waals surface area contributed by atoms with E-state index in [2.05, 4.69) is 41.2 Å². The number of aromatic amines is 1. The lowest BCUT2D eigenvalue weighted by Crippen LogP contribution is -2.30. The Labute approximate surface area is 207 Å². The van der Waals surface area contributed by atoms with Crippen molar-refractivity contribution in [2.75, 3.05) is 0 Å². The molecule has 0 fully saturated rings. The first-order valence-electron chi connectivity index (χ1n) is 11.1. The quantitative estimate of drug-likeness (QED) is 0.364. The fraction of sp³-hybridized carbons (Fsp3) is 0.208. The number of rotatable bonds is 6. The van der Waals surface area contributed by atoms with Crippen LogP contribution >= 0.6 is 0 Å². The van der Waals surface area contributed by atoms with Gasteiger partial charge in [0.2, 0.25) is 5.82 Å². The van der Waals surface area contributed by atoms with E-state index in [0.29, 0.717) is 16.7 Å². The molecule has 0 spiro atoms. The van der Waals surface area contributed by atoms with Crippen LogP contribution < -0.4 is 10.6 Å². The largest absolute Gasteiger partial charge is 0.347 e. The fourth-order valence-electron chi connectivity index (χ4n) is 4.13. The molecular formula is C24H19F3N8O2. The molecule has 1 aliphatic rings. The maximum absolute atomic E-state index is 14.8. The number of benzene rings is 2. The van der Waals surface area contributed by atoms with Crippen molar-refractivity contribution in [1.29, 1.82) is 0 Å². The average molecular weight is 508 g/mol. The molecule has 37 heavy (non-hydrogen) atoms. The van der Waals surface area contributed by atoms with Crippen LogP contribution in [0.15, 0.2) is 48.8 Å². The van der Waals surface area contributed by atoms with Gasteiger partial charge in [-0.05, 0) is 41.0 Å². The number of tetrazole rings is 1. The molecule has 1 aliphatic carbocycles. The molecule has 0 unspecified atom stereocenters. The third-order valence-electron chi connectivity index (χ3n) is 6.00. The number of nitrogens with one attached hydrogen (secondary N) is 3. The minimum absolute atomic E-state index is 0.0825. The van der Waals surface area contributed by atoms with Crippen LogP contribution in [0.1, 0.15) is 55.7 Å². The number of carbonyl (C=O) groups excluding carboxylic acids is 2. The number of carbonyl (C=O) groups is 2. The fourth-order valence-corrected chi connectivity index (χ4v) is 4.13. The van der Waals surface area contributed by atoms with E-state index in [-0.39, 0.29) is 40.7 Å². The molecule has 0 saturated heterocycles. The molecule has 0 bridgehead atoms. The summed E-state index contributed by atoms with van der Waals surface area (Å²) in [5, 5.41) is 18.5. The molecule has 4 aromatic rings. The van der Waals surface area contributed by atoms with E-state index in [1.165, 1.54) is 24.3 Å². The minimum Gasteiger partial charge on any atom is -0.347 e. The first-order chi connectivity index (χ1) is 17.7. The van der Waals surface area contributed by atoms with E-state index in [4.69, 9.17) is 0 Å². The van der Waals surface area contributed by atoms with Gasteiger partial charge in [-0.1, -0.05) is 24.3 Å². The van der Waals surface area contributed by atoms with Gasteiger partial charge in [0.1, 0.15) is 23.5 Å². The maximum atomic E-state index is 14.8. The van der Waals surface area contributed by atoms with E-state index < -0.39 is 30.2 Å². The summed E-state index contributed by atoms with van der Waals surface area (Å²) in [4.78, 5) is 33.2. The van der Waals surface area contributed by atoms with Gasteiger partial charge in [-0.2, -0.15) is 5.21 Å². The van der Waals surface area contributed by atoms with Crippen molar-refractivity contribution in [2.24, 2.45) is 0 Å². The molecule has 2 aromatic carbocycles. The van der Waals surface area contributed by atoms with Crippen LogP contribution in [0.2, 0.25) is 0 Å². The third kappa shape index (κ3) is 4.87. The van der Waals surface area contributed by atoms with Crippen LogP contribution in [0.4, 0.5) is 13.2 Å². The van der Waals surface area contributed by atoms with Gasteiger partial charge in [0.05, 0.1) is 6.04 Å². The van der Waals surface area contributed by atoms with Crippen molar-refractivity contribution in [3.8, 4) is 11.4 Å². The Hall–Kier alpha value is -4.68. The van der Waals surface area contributed by atoms with E-state index in [9.17, 15) is 22.8 Å². The van der Waals surface area contributed by atoms with Crippen LogP contribution in [-0.2, 0) is 12.5 Å². The molecule has 10 nitrogen and oxygen atoms in total. The summed E-state index contributed by atoms with van der Waals surface area (Å²) < 4.78 is 43.0. The molecular weight excluding hydrogens is 489 g/mol. The number of hydrogen-bond donors (Lipinski definition) is 3. The summed E-state index contributed by atoms with van der Waals surface area (Å²) in [5.41, 5.74) is 1.27. The molecule has 2 amide bonds.